The smallest absolute Gasteiger partial charge is 0.268 e. The molecule has 0 saturated carbocycles. The van der Waals surface area contributed by atoms with E-state index in [9.17, 15) is 9.90 Å². The second-order valence-electron chi connectivity index (χ2n) is 5.97. The molecule has 124 valence electrons. The normalized spacial score (nSPS) is 22.0. The highest BCUT2D eigenvalue weighted by molar-refractivity contribution is 5.90. The number of carbonyl (C=O) groups excluding carboxylic acids is 1. The Balaban J connectivity index is 1.85. The van der Waals surface area contributed by atoms with Gasteiger partial charge in [0, 0.05) is 0 Å². The monoisotopic (exact) mass is 323 g/mol. The van der Waals surface area contributed by atoms with Gasteiger partial charge in [-0.25, -0.2) is 0 Å². The summed E-state index contributed by atoms with van der Waals surface area (Å²) in [5, 5.41) is 9.93. The second kappa shape index (κ2) is 6.89. The lowest BCUT2D eigenvalue weighted by atomic mass is 9.89. The molecule has 0 bridgehead atoms. The first kappa shape index (κ1) is 16.3. The molecule has 2 aromatic carbocycles. The third-order valence-electron chi connectivity index (χ3n) is 4.15. The predicted molar refractivity (Wildman–Crippen MR) is 93.3 cm³/mol. The Morgan fingerprint density at radius 2 is 1.71 bits per heavy atom. The molecule has 0 aromatic heterocycles. The number of aliphatic hydroxyl groups is 1. The molecular weight excluding hydrogens is 302 g/mol. The number of para-hydroxylation sites is 1. The lowest BCUT2D eigenvalue weighted by Gasteiger charge is -2.48. The maximum atomic E-state index is 12.4. The van der Waals surface area contributed by atoms with Gasteiger partial charge in [-0.15, -0.1) is 0 Å². The van der Waals surface area contributed by atoms with Crippen molar-refractivity contribution < 1.29 is 14.6 Å². The summed E-state index contributed by atoms with van der Waals surface area (Å²) in [5.74, 6) is 0.457. The Labute approximate surface area is 142 Å². The summed E-state index contributed by atoms with van der Waals surface area (Å²) in [6.07, 6.45) is 0.563. The first-order valence-corrected chi connectivity index (χ1v) is 8.03. The van der Waals surface area contributed by atoms with Crippen LogP contribution in [-0.4, -0.2) is 34.3 Å². The van der Waals surface area contributed by atoms with Crippen molar-refractivity contribution in [3.8, 4) is 5.75 Å². The van der Waals surface area contributed by atoms with E-state index in [2.05, 4.69) is 0 Å². The quantitative estimate of drug-likeness (QED) is 0.860. The molecule has 1 saturated heterocycles. The van der Waals surface area contributed by atoms with Gasteiger partial charge in [0.15, 0.2) is 0 Å². The minimum atomic E-state index is -0.850. The van der Waals surface area contributed by atoms with Gasteiger partial charge in [0.2, 0.25) is 6.10 Å². The van der Waals surface area contributed by atoms with Crippen molar-refractivity contribution in [2.75, 3.05) is 0 Å². The van der Waals surface area contributed by atoms with Crippen LogP contribution < -0.4 is 4.74 Å². The van der Waals surface area contributed by atoms with E-state index in [1.54, 1.807) is 6.92 Å². The van der Waals surface area contributed by atoms with Crippen LogP contribution in [0.15, 0.2) is 66.2 Å². The molecule has 3 atom stereocenters. The largest absolute Gasteiger partial charge is 0.478 e. The molecule has 0 aliphatic carbocycles. The number of likely N-dealkylation sites (tertiary alicyclic amines) is 1. The molecule has 1 fully saturated rings. The van der Waals surface area contributed by atoms with Crippen molar-refractivity contribution in [1.29, 1.82) is 0 Å². The molecule has 1 aliphatic rings. The van der Waals surface area contributed by atoms with Gasteiger partial charge in [-0.2, -0.15) is 0 Å². The molecule has 3 rings (SSSR count). The lowest BCUT2D eigenvalue weighted by molar-refractivity contribution is -0.176. The minimum absolute atomic E-state index is 0.195. The van der Waals surface area contributed by atoms with Crippen LogP contribution in [-0.2, 0) is 4.79 Å². The van der Waals surface area contributed by atoms with Gasteiger partial charge in [-0.05, 0) is 37.1 Å². The van der Waals surface area contributed by atoms with Crippen LogP contribution in [0.5, 0.6) is 5.75 Å². The summed E-state index contributed by atoms with van der Waals surface area (Å²) < 4.78 is 5.87. The standard InChI is InChI=1S/C20H21NO3/c1-14(13-16-9-5-3-6-10-16)18-19(20(23)21(18)15(2)22)24-17-11-7-4-8-12-17/h3-13,15,18-19,22H,1-2H3/b14-13+/t15?,18-,19+/m0/s1. The van der Waals surface area contributed by atoms with E-state index >= 15 is 0 Å². The summed E-state index contributed by atoms with van der Waals surface area (Å²) in [4.78, 5) is 13.8. The van der Waals surface area contributed by atoms with Crippen molar-refractivity contribution in [3.05, 3.63) is 71.8 Å². The number of aliphatic hydroxyl groups excluding tert-OH is 1. The van der Waals surface area contributed by atoms with Gasteiger partial charge in [0.05, 0.1) is 0 Å². The minimum Gasteiger partial charge on any atom is -0.478 e. The van der Waals surface area contributed by atoms with Crippen molar-refractivity contribution >= 4 is 12.0 Å². The summed E-state index contributed by atoms with van der Waals surface area (Å²) >= 11 is 0. The number of hydrogen-bond donors (Lipinski definition) is 1. The van der Waals surface area contributed by atoms with Crippen molar-refractivity contribution in [1.82, 2.24) is 4.90 Å². The van der Waals surface area contributed by atoms with E-state index in [1.807, 2.05) is 73.7 Å². The molecule has 24 heavy (non-hydrogen) atoms. The summed E-state index contributed by atoms with van der Waals surface area (Å²) in [5.41, 5.74) is 2.03. The van der Waals surface area contributed by atoms with Crippen LogP contribution >= 0.6 is 0 Å². The number of amides is 1. The Morgan fingerprint density at radius 3 is 2.29 bits per heavy atom. The van der Waals surface area contributed by atoms with Crippen LogP contribution in [0.1, 0.15) is 19.4 Å². The van der Waals surface area contributed by atoms with Gasteiger partial charge < -0.3 is 14.7 Å². The fraction of sp³-hybridized carbons (Fsp3) is 0.250. The van der Waals surface area contributed by atoms with Gasteiger partial charge in [-0.1, -0.05) is 54.6 Å². The molecule has 4 heteroatoms. The van der Waals surface area contributed by atoms with E-state index in [0.29, 0.717) is 5.75 Å². The maximum absolute atomic E-state index is 12.4. The zero-order chi connectivity index (χ0) is 17.1. The van der Waals surface area contributed by atoms with Crippen molar-refractivity contribution in [3.63, 3.8) is 0 Å². The molecular formula is C20H21NO3. The topological polar surface area (TPSA) is 49.8 Å². The van der Waals surface area contributed by atoms with E-state index < -0.39 is 12.3 Å². The molecule has 1 aliphatic heterocycles. The van der Waals surface area contributed by atoms with Crippen molar-refractivity contribution in [2.24, 2.45) is 0 Å². The third-order valence-corrected chi connectivity index (χ3v) is 4.15. The van der Waals surface area contributed by atoms with E-state index in [0.717, 1.165) is 11.1 Å². The fourth-order valence-electron chi connectivity index (χ4n) is 3.02. The number of β-lactam (4-membered cyclic amide) rings is 1. The number of carbonyl (C=O) groups is 1. The predicted octanol–water partition coefficient (Wildman–Crippen LogP) is 3.09. The van der Waals surface area contributed by atoms with Crippen LogP contribution in [0.2, 0.25) is 0 Å². The zero-order valence-electron chi connectivity index (χ0n) is 13.8. The molecule has 2 aromatic rings. The summed E-state index contributed by atoms with van der Waals surface area (Å²) in [7, 11) is 0. The van der Waals surface area contributed by atoms with Gasteiger partial charge in [0.25, 0.3) is 5.91 Å². The van der Waals surface area contributed by atoms with Gasteiger partial charge >= 0.3 is 0 Å². The highest BCUT2D eigenvalue weighted by atomic mass is 16.5. The molecule has 1 amide bonds. The molecule has 4 nitrogen and oxygen atoms in total. The average molecular weight is 323 g/mol. The Kier molecular flexibility index (Phi) is 4.67. The molecule has 0 radical (unpaired) electrons. The van der Waals surface area contributed by atoms with Crippen molar-refractivity contribution in [2.45, 2.75) is 32.2 Å². The average Bonchev–Trinajstić information content (AvgIpc) is 2.58. The first-order valence-electron chi connectivity index (χ1n) is 8.03. The SMILES string of the molecule is C/C(=C\c1ccccc1)[C@H]1[C@@H](Oc2ccccc2)C(=O)N1C(C)O. The lowest BCUT2D eigenvalue weighted by Crippen LogP contribution is -2.69. The maximum Gasteiger partial charge on any atom is 0.268 e. The molecule has 1 N–H and O–H groups in total. The second-order valence-corrected chi connectivity index (χ2v) is 5.97. The Morgan fingerprint density at radius 1 is 1.12 bits per heavy atom. The van der Waals surface area contributed by atoms with E-state index in [4.69, 9.17) is 4.74 Å². The van der Waals surface area contributed by atoms with Crippen LogP contribution in [0, 0.1) is 0 Å². The highest BCUT2D eigenvalue weighted by Gasteiger charge is 2.51. The molecule has 0 spiro atoms. The number of benzene rings is 2. The van der Waals surface area contributed by atoms with Crippen LogP contribution in [0.4, 0.5) is 0 Å². The number of nitrogens with zero attached hydrogens (tertiary/aromatic N) is 1. The number of rotatable bonds is 5. The van der Waals surface area contributed by atoms with Crippen LogP contribution in [0.3, 0.4) is 0 Å². The highest BCUT2D eigenvalue weighted by Crippen LogP contribution is 2.32. The van der Waals surface area contributed by atoms with E-state index in [1.165, 1.54) is 4.90 Å². The van der Waals surface area contributed by atoms with E-state index in [-0.39, 0.29) is 11.9 Å². The molecule has 1 heterocycles. The number of ether oxygens (including phenoxy) is 1. The summed E-state index contributed by atoms with van der Waals surface area (Å²) in [6.45, 7) is 3.56. The van der Waals surface area contributed by atoms with Gasteiger partial charge in [0.1, 0.15) is 18.0 Å². The van der Waals surface area contributed by atoms with Crippen LogP contribution in [0.25, 0.3) is 6.08 Å². The fourth-order valence-corrected chi connectivity index (χ4v) is 3.02. The Hall–Kier alpha value is -2.59. The summed E-state index contributed by atoms with van der Waals surface area (Å²) in [6, 6.07) is 18.9. The molecule has 1 unspecified atom stereocenters. The Bertz CT molecular complexity index is 725. The zero-order valence-corrected chi connectivity index (χ0v) is 13.8. The van der Waals surface area contributed by atoms with Gasteiger partial charge in [-0.3, -0.25) is 4.79 Å². The number of hydrogen-bond acceptors (Lipinski definition) is 3. The first-order chi connectivity index (χ1) is 11.6. The third kappa shape index (κ3) is 3.19.